The van der Waals surface area contributed by atoms with Gasteiger partial charge in [0.2, 0.25) is 0 Å². The van der Waals surface area contributed by atoms with Crippen LogP contribution in [0.2, 0.25) is 5.02 Å². The number of aromatic amines is 1. The molecular weight excluding hydrogens is 434 g/mol. The second-order valence-electron chi connectivity index (χ2n) is 8.81. The Bertz CT molecular complexity index is 1310. The number of aromatic nitrogens is 1. The van der Waals surface area contributed by atoms with Crippen LogP contribution >= 0.6 is 11.6 Å². The average Bonchev–Trinajstić information content (AvgIpc) is 3.17. The summed E-state index contributed by atoms with van der Waals surface area (Å²) in [6.45, 7) is 4.88. The van der Waals surface area contributed by atoms with E-state index in [1.54, 1.807) is 29.2 Å². The van der Waals surface area contributed by atoms with Crippen molar-refractivity contribution in [2.75, 3.05) is 12.3 Å². The molecule has 1 aromatic heterocycles. The Balaban J connectivity index is 1.57. The molecule has 5 nitrogen and oxygen atoms in total. The zero-order valence-electron chi connectivity index (χ0n) is 18.6. The van der Waals surface area contributed by atoms with Crippen LogP contribution in [0, 0.1) is 0 Å². The molecule has 0 saturated heterocycles. The second kappa shape index (κ2) is 8.49. The minimum Gasteiger partial charge on any atom is -0.410 e. The van der Waals surface area contributed by atoms with E-state index in [0.29, 0.717) is 35.3 Å². The summed E-state index contributed by atoms with van der Waals surface area (Å²) < 4.78 is 5.73. The number of nitrogen functional groups attached to an aromatic ring is 1. The standard InChI is InChI=1S/C27H26ClN3O2/c1-16(2)17-3-5-18(6-4-17)26-25-22(23-15-19(28)7-12-24(23)30-25)13-14-31(26)27(32)33-21-10-8-20(29)9-11-21/h3-12,15-16,26,30H,13-14,29H2,1-2H3. The van der Waals surface area contributed by atoms with E-state index in [0.717, 1.165) is 22.2 Å². The first kappa shape index (κ1) is 21.4. The number of hydrogen-bond donors (Lipinski definition) is 2. The summed E-state index contributed by atoms with van der Waals surface area (Å²) >= 11 is 6.29. The Labute approximate surface area is 198 Å². The molecule has 1 aliphatic rings. The zero-order valence-corrected chi connectivity index (χ0v) is 19.4. The van der Waals surface area contributed by atoms with Crippen LogP contribution in [-0.2, 0) is 6.42 Å². The second-order valence-corrected chi connectivity index (χ2v) is 9.25. The molecule has 0 radical (unpaired) electrons. The third-order valence-electron chi connectivity index (χ3n) is 6.33. The minimum absolute atomic E-state index is 0.289. The zero-order chi connectivity index (χ0) is 23.1. The lowest BCUT2D eigenvalue weighted by Crippen LogP contribution is -2.42. The molecule has 0 aliphatic carbocycles. The van der Waals surface area contributed by atoms with Crippen LogP contribution in [-0.4, -0.2) is 22.5 Å². The van der Waals surface area contributed by atoms with Gasteiger partial charge in [-0.15, -0.1) is 0 Å². The van der Waals surface area contributed by atoms with E-state index < -0.39 is 0 Å². The van der Waals surface area contributed by atoms with E-state index in [9.17, 15) is 4.79 Å². The van der Waals surface area contributed by atoms with Gasteiger partial charge in [0.1, 0.15) is 11.8 Å². The highest BCUT2D eigenvalue weighted by molar-refractivity contribution is 6.31. The fraction of sp³-hybridized carbons (Fsp3) is 0.222. The number of nitrogens with two attached hydrogens (primary N) is 1. The minimum atomic E-state index is -0.389. The van der Waals surface area contributed by atoms with Crippen LogP contribution in [0.3, 0.4) is 0 Å². The highest BCUT2D eigenvalue weighted by atomic mass is 35.5. The van der Waals surface area contributed by atoms with E-state index >= 15 is 0 Å². The van der Waals surface area contributed by atoms with Crippen molar-refractivity contribution in [2.45, 2.75) is 32.2 Å². The summed E-state index contributed by atoms with van der Waals surface area (Å²) in [5.74, 6) is 0.903. The predicted molar refractivity (Wildman–Crippen MR) is 133 cm³/mol. The Morgan fingerprint density at radius 1 is 1.09 bits per heavy atom. The number of nitrogens with one attached hydrogen (secondary N) is 1. The number of nitrogens with zero attached hydrogens (tertiary/aromatic N) is 1. The van der Waals surface area contributed by atoms with Crippen molar-refractivity contribution >= 4 is 34.3 Å². The number of H-pyrrole nitrogens is 1. The van der Waals surface area contributed by atoms with Gasteiger partial charge >= 0.3 is 6.09 Å². The molecule has 1 amide bonds. The van der Waals surface area contributed by atoms with Gasteiger partial charge in [-0.05, 0) is 71.5 Å². The number of anilines is 1. The number of benzene rings is 3. The molecule has 0 saturated carbocycles. The third-order valence-corrected chi connectivity index (χ3v) is 6.56. The van der Waals surface area contributed by atoms with Gasteiger partial charge in [0.05, 0.1) is 0 Å². The van der Waals surface area contributed by atoms with Gasteiger partial charge < -0.3 is 15.5 Å². The molecular formula is C27H26ClN3O2. The summed E-state index contributed by atoms with van der Waals surface area (Å²) in [4.78, 5) is 18.7. The molecule has 0 fully saturated rings. The van der Waals surface area contributed by atoms with E-state index in [-0.39, 0.29) is 12.1 Å². The number of fused-ring (bicyclic) bond motifs is 3. The van der Waals surface area contributed by atoms with Crippen LogP contribution in [0.15, 0.2) is 66.7 Å². The van der Waals surface area contributed by atoms with Gasteiger partial charge in [-0.3, -0.25) is 4.90 Å². The first-order valence-corrected chi connectivity index (χ1v) is 11.5. The Hall–Kier alpha value is -3.44. The highest BCUT2D eigenvalue weighted by Gasteiger charge is 2.35. The Morgan fingerprint density at radius 3 is 2.52 bits per heavy atom. The van der Waals surface area contributed by atoms with Crippen molar-refractivity contribution in [3.05, 3.63) is 94.1 Å². The number of carbonyl (C=O) groups excluding carboxylic acids is 1. The molecule has 4 aromatic rings. The molecule has 6 heteroatoms. The summed E-state index contributed by atoms with van der Waals surface area (Å²) in [7, 11) is 0. The maximum Gasteiger partial charge on any atom is 0.416 e. The first-order valence-electron chi connectivity index (χ1n) is 11.1. The van der Waals surface area contributed by atoms with Gasteiger partial charge in [0.25, 0.3) is 0 Å². The molecule has 3 N–H and O–H groups in total. The van der Waals surface area contributed by atoms with Crippen LogP contribution in [0.25, 0.3) is 10.9 Å². The van der Waals surface area contributed by atoms with Crippen LogP contribution in [0.5, 0.6) is 5.75 Å². The topological polar surface area (TPSA) is 71.3 Å². The number of hydrogen-bond acceptors (Lipinski definition) is 3. The first-order chi connectivity index (χ1) is 15.9. The summed E-state index contributed by atoms with van der Waals surface area (Å²) in [5, 5.41) is 1.81. The Morgan fingerprint density at radius 2 is 1.82 bits per heavy atom. The number of rotatable bonds is 3. The molecule has 0 spiro atoms. The molecule has 2 heterocycles. The molecule has 0 bridgehead atoms. The highest BCUT2D eigenvalue weighted by Crippen LogP contribution is 2.39. The SMILES string of the molecule is CC(C)c1ccc(C2c3[nH]c4ccc(Cl)cc4c3CCN2C(=O)Oc2ccc(N)cc2)cc1. The van der Waals surface area contributed by atoms with E-state index in [2.05, 4.69) is 43.1 Å². The molecule has 1 unspecified atom stereocenters. The number of carbonyl (C=O) groups is 1. The fourth-order valence-electron chi connectivity index (χ4n) is 4.56. The van der Waals surface area contributed by atoms with Gasteiger partial charge in [-0.1, -0.05) is 49.7 Å². The van der Waals surface area contributed by atoms with Crippen molar-refractivity contribution in [3.8, 4) is 5.75 Å². The quantitative estimate of drug-likeness (QED) is 0.336. The van der Waals surface area contributed by atoms with Crippen molar-refractivity contribution < 1.29 is 9.53 Å². The molecule has 3 aromatic carbocycles. The third kappa shape index (κ3) is 4.05. The lowest BCUT2D eigenvalue weighted by atomic mass is 9.91. The smallest absolute Gasteiger partial charge is 0.410 e. The molecule has 33 heavy (non-hydrogen) atoms. The maximum atomic E-state index is 13.3. The van der Waals surface area contributed by atoms with Gasteiger partial charge in [-0.25, -0.2) is 4.79 Å². The monoisotopic (exact) mass is 459 g/mol. The van der Waals surface area contributed by atoms with Gasteiger partial charge in [0.15, 0.2) is 0 Å². The largest absolute Gasteiger partial charge is 0.416 e. The number of amides is 1. The summed E-state index contributed by atoms with van der Waals surface area (Å²) in [6.07, 6.45) is 0.327. The Kier molecular flexibility index (Phi) is 5.51. The molecule has 1 aliphatic heterocycles. The molecule has 168 valence electrons. The van der Waals surface area contributed by atoms with Crippen molar-refractivity contribution in [1.82, 2.24) is 9.88 Å². The van der Waals surface area contributed by atoms with Crippen LogP contribution in [0.1, 0.15) is 48.2 Å². The molecule has 1 atom stereocenters. The summed E-state index contributed by atoms with van der Waals surface area (Å²) in [6, 6.07) is 20.9. The maximum absolute atomic E-state index is 13.3. The van der Waals surface area contributed by atoms with Gasteiger partial charge in [0, 0.05) is 33.9 Å². The van der Waals surface area contributed by atoms with Crippen LogP contribution in [0.4, 0.5) is 10.5 Å². The van der Waals surface area contributed by atoms with Gasteiger partial charge in [-0.2, -0.15) is 0 Å². The van der Waals surface area contributed by atoms with E-state index in [4.69, 9.17) is 22.1 Å². The summed E-state index contributed by atoms with van der Waals surface area (Å²) in [5.41, 5.74) is 11.9. The van der Waals surface area contributed by atoms with E-state index in [1.807, 2.05) is 18.2 Å². The normalized spacial score (nSPS) is 15.6. The van der Waals surface area contributed by atoms with Crippen molar-refractivity contribution in [1.29, 1.82) is 0 Å². The van der Waals surface area contributed by atoms with Crippen LogP contribution < -0.4 is 10.5 Å². The number of ether oxygens (including phenoxy) is 1. The predicted octanol–water partition coefficient (Wildman–Crippen LogP) is 6.67. The van der Waals surface area contributed by atoms with E-state index in [1.165, 1.54) is 11.1 Å². The molecule has 5 rings (SSSR count). The lowest BCUT2D eigenvalue weighted by Gasteiger charge is -2.35. The number of halogens is 1. The fourth-order valence-corrected chi connectivity index (χ4v) is 4.73. The average molecular weight is 460 g/mol. The lowest BCUT2D eigenvalue weighted by molar-refractivity contribution is 0.135. The van der Waals surface area contributed by atoms with Crippen molar-refractivity contribution in [3.63, 3.8) is 0 Å². The van der Waals surface area contributed by atoms with Crippen molar-refractivity contribution in [2.24, 2.45) is 0 Å².